The molecule has 0 saturated carbocycles. The van der Waals surface area contributed by atoms with Gasteiger partial charge in [0.05, 0.1) is 17.4 Å². The van der Waals surface area contributed by atoms with Crippen LogP contribution in [0.4, 0.5) is 5.69 Å². The Kier molecular flexibility index (Phi) is 4.94. The molecule has 136 valence electrons. The summed E-state index contributed by atoms with van der Waals surface area (Å²) in [6.45, 7) is 1.94. The fraction of sp³-hybridized carbons (Fsp3) is 0.105. The van der Waals surface area contributed by atoms with E-state index in [2.05, 4.69) is 26.2 Å². The van der Waals surface area contributed by atoms with Crippen molar-refractivity contribution in [3.63, 3.8) is 0 Å². The molecular weight excluding hydrogens is 446 g/mol. The van der Waals surface area contributed by atoms with Crippen molar-refractivity contribution in [3.8, 4) is 10.4 Å². The van der Waals surface area contributed by atoms with E-state index >= 15 is 0 Å². The summed E-state index contributed by atoms with van der Waals surface area (Å²) in [5.41, 5.74) is 1.34. The lowest BCUT2D eigenvalue weighted by Gasteiger charge is -2.09. The van der Waals surface area contributed by atoms with Crippen molar-refractivity contribution in [1.82, 2.24) is 9.55 Å². The second-order valence-electron chi connectivity index (χ2n) is 5.95. The molecule has 0 unspecified atom stereocenters. The average Bonchev–Trinajstić information content (AvgIpc) is 3.26. The highest BCUT2D eigenvalue weighted by Gasteiger charge is 2.16. The molecular formula is C19H14BrN3O2S2. The average molecular weight is 460 g/mol. The van der Waals surface area contributed by atoms with Gasteiger partial charge in [-0.2, -0.15) is 0 Å². The van der Waals surface area contributed by atoms with E-state index in [0.717, 1.165) is 14.9 Å². The number of amides is 1. The molecule has 0 bridgehead atoms. The van der Waals surface area contributed by atoms with Gasteiger partial charge in [0.2, 0.25) is 5.91 Å². The monoisotopic (exact) mass is 459 g/mol. The lowest BCUT2D eigenvalue weighted by atomic mass is 10.2. The standard InChI is InChI=1S/C19H14BrN3O2S2/c1-11-6-7-15(27-11)12-9-26-18-17(12)19(25)23(10-21-18)8-16(24)22-14-5-3-2-4-13(14)20/h2-7,9-10H,8H2,1H3,(H,22,24). The zero-order valence-electron chi connectivity index (χ0n) is 14.2. The van der Waals surface area contributed by atoms with Gasteiger partial charge in [-0.25, -0.2) is 4.98 Å². The van der Waals surface area contributed by atoms with Crippen LogP contribution in [0.25, 0.3) is 20.7 Å². The van der Waals surface area contributed by atoms with E-state index in [1.54, 1.807) is 17.4 Å². The molecule has 4 aromatic rings. The molecule has 0 radical (unpaired) electrons. The molecule has 0 aliphatic rings. The highest BCUT2D eigenvalue weighted by molar-refractivity contribution is 9.10. The molecule has 0 aliphatic carbocycles. The molecule has 0 saturated heterocycles. The van der Waals surface area contributed by atoms with E-state index in [4.69, 9.17) is 0 Å². The Morgan fingerprint density at radius 2 is 2.07 bits per heavy atom. The van der Waals surface area contributed by atoms with Gasteiger partial charge >= 0.3 is 0 Å². The number of para-hydroxylation sites is 1. The number of rotatable bonds is 4. The number of anilines is 1. The third-order valence-corrected chi connectivity index (χ3v) is 6.64. The van der Waals surface area contributed by atoms with Gasteiger partial charge < -0.3 is 5.32 Å². The maximum Gasteiger partial charge on any atom is 0.263 e. The highest BCUT2D eigenvalue weighted by Crippen LogP contribution is 2.34. The van der Waals surface area contributed by atoms with Crippen LogP contribution in [0.1, 0.15) is 4.88 Å². The van der Waals surface area contributed by atoms with Crippen molar-refractivity contribution in [2.75, 3.05) is 5.32 Å². The molecule has 1 aromatic carbocycles. The van der Waals surface area contributed by atoms with Crippen molar-refractivity contribution in [1.29, 1.82) is 0 Å². The second kappa shape index (κ2) is 7.38. The second-order valence-corrected chi connectivity index (χ2v) is 8.95. The summed E-state index contributed by atoms with van der Waals surface area (Å²) in [6, 6.07) is 11.4. The maximum absolute atomic E-state index is 13.0. The Labute approximate surface area is 171 Å². The van der Waals surface area contributed by atoms with E-state index in [-0.39, 0.29) is 18.0 Å². The van der Waals surface area contributed by atoms with Crippen molar-refractivity contribution in [3.05, 3.63) is 67.8 Å². The number of aromatic nitrogens is 2. The summed E-state index contributed by atoms with van der Waals surface area (Å²) in [5, 5.41) is 5.33. The van der Waals surface area contributed by atoms with Gasteiger partial charge in [-0.15, -0.1) is 22.7 Å². The van der Waals surface area contributed by atoms with E-state index in [1.807, 2.05) is 42.6 Å². The lowest BCUT2D eigenvalue weighted by Crippen LogP contribution is -2.27. The fourth-order valence-electron chi connectivity index (χ4n) is 2.75. The number of fused-ring (bicyclic) bond motifs is 1. The number of halogens is 1. The lowest BCUT2D eigenvalue weighted by molar-refractivity contribution is -0.116. The number of aryl methyl sites for hydroxylation is 1. The van der Waals surface area contributed by atoms with Gasteiger partial charge in [-0.05, 0) is 47.1 Å². The molecule has 3 aromatic heterocycles. The van der Waals surface area contributed by atoms with Crippen LogP contribution in [0.3, 0.4) is 0 Å². The van der Waals surface area contributed by atoms with Crippen LogP contribution in [0.2, 0.25) is 0 Å². The molecule has 27 heavy (non-hydrogen) atoms. The van der Waals surface area contributed by atoms with Crippen molar-refractivity contribution in [2.24, 2.45) is 0 Å². The number of thiophene rings is 2. The van der Waals surface area contributed by atoms with Gasteiger partial charge in [-0.1, -0.05) is 12.1 Å². The predicted molar refractivity (Wildman–Crippen MR) is 115 cm³/mol. The Morgan fingerprint density at radius 1 is 1.26 bits per heavy atom. The van der Waals surface area contributed by atoms with Crippen LogP contribution in [0.5, 0.6) is 0 Å². The number of benzene rings is 1. The molecule has 0 spiro atoms. The number of nitrogens with one attached hydrogen (secondary N) is 1. The largest absolute Gasteiger partial charge is 0.324 e. The third-order valence-electron chi connectivity index (χ3n) is 4.03. The summed E-state index contributed by atoms with van der Waals surface area (Å²) in [4.78, 5) is 32.7. The molecule has 4 rings (SSSR count). The smallest absolute Gasteiger partial charge is 0.263 e. The molecule has 1 amide bonds. The Balaban J connectivity index is 1.67. The molecule has 0 atom stereocenters. The minimum absolute atomic E-state index is 0.0954. The van der Waals surface area contributed by atoms with Crippen LogP contribution in [0, 0.1) is 6.92 Å². The first kappa shape index (κ1) is 18.1. The molecule has 0 aliphatic heterocycles. The van der Waals surface area contributed by atoms with Gasteiger partial charge in [0.15, 0.2) is 0 Å². The predicted octanol–water partition coefficient (Wildman–Crippen LogP) is 4.90. The molecule has 5 nitrogen and oxygen atoms in total. The zero-order valence-corrected chi connectivity index (χ0v) is 17.5. The van der Waals surface area contributed by atoms with E-state index < -0.39 is 0 Å². The minimum atomic E-state index is -0.283. The number of nitrogens with zero attached hydrogens (tertiary/aromatic N) is 2. The Morgan fingerprint density at radius 3 is 2.81 bits per heavy atom. The van der Waals surface area contributed by atoms with Gasteiger partial charge in [0, 0.05) is 25.2 Å². The molecule has 1 N–H and O–H groups in total. The van der Waals surface area contributed by atoms with Crippen molar-refractivity contribution >= 4 is 60.4 Å². The summed E-state index contributed by atoms with van der Waals surface area (Å²) in [6.07, 6.45) is 1.43. The quantitative estimate of drug-likeness (QED) is 0.472. The number of carbonyl (C=O) groups excluding carboxylic acids is 1. The number of hydrogen-bond acceptors (Lipinski definition) is 5. The first-order chi connectivity index (χ1) is 13.0. The summed E-state index contributed by atoms with van der Waals surface area (Å²) in [5.74, 6) is -0.283. The van der Waals surface area contributed by atoms with Gasteiger partial charge in [0.25, 0.3) is 5.56 Å². The normalized spacial score (nSPS) is 11.0. The topological polar surface area (TPSA) is 64.0 Å². The highest BCUT2D eigenvalue weighted by atomic mass is 79.9. The van der Waals surface area contributed by atoms with Gasteiger partial charge in [-0.3, -0.25) is 14.2 Å². The number of hydrogen-bond donors (Lipinski definition) is 1. The van der Waals surface area contributed by atoms with Crippen LogP contribution >= 0.6 is 38.6 Å². The summed E-state index contributed by atoms with van der Waals surface area (Å²) in [7, 11) is 0. The Hall–Kier alpha value is -2.29. The minimum Gasteiger partial charge on any atom is -0.324 e. The Bertz CT molecular complexity index is 1210. The van der Waals surface area contributed by atoms with E-state index in [9.17, 15) is 9.59 Å². The van der Waals surface area contributed by atoms with Crippen LogP contribution in [-0.2, 0) is 11.3 Å². The van der Waals surface area contributed by atoms with Gasteiger partial charge in [0.1, 0.15) is 11.4 Å². The van der Waals surface area contributed by atoms with Crippen LogP contribution in [-0.4, -0.2) is 15.5 Å². The van der Waals surface area contributed by atoms with Crippen molar-refractivity contribution in [2.45, 2.75) is 13.5 Å². The summed E-state index contributed by atoms with van der Waals surface area (Å²) < 4.78 is 2.14. The van der Waals surface area contributed by atoms with E-state index in [1.165, 1.54) is 27.1 Å². The number of carbonyl (C=O) groups is 1. The fourth-order valence-corrected chi connectivity index (χ4v) is 4.99. The summed E-state index contributed by atoms with van der Waals surface area (Å²) >= 11 is 6.47. The molecule has 8 heteroatoms. The molecule has 0 fully saturated rings. The van der Waals surface area contributed by atoms with Crippen LogP contribution in [0.15, 0.2) is 57.4 Å². The third kappa shape index (κ3) is 3.60. The first-order valence-corrected chi connectivity index (χ1v) is 10.6. The maximum atomic E-state index is 13.0. The zero-order chi connectivity index (χ0) is 19.0. The first-order valence-electron chi connectivity index (χ1n) is 8.11. The van der Waals surface area contributed by atoms with Crippen LogP contribution < -0.4 is 10.9 Å². The van der Waals surface area contributed by atoms with E-state index in [0.29, 0.717) is 15.9 Å². The molecule has 3 heterocycles. The SMILES string of the molecule is Cc1ccc(-c2csc3ncn(CC(=O)Nc4ccccc4Br)c(=O)c23)s1. The van der Waals surface area contributed by atoms with Crippen molar-refractivity contribution < 1.29 is 4.79 Å².